The van der Waals surface area contributed by atoms with Crippen LogP contribution in [0.15, 0.2) is 36.8 Å². The molecule has 6 rings (SSSR count). The first-order valence-corrected chi connectivity index (χ1v) is 12.6. The Morgan fingerprint density at radius 3 is 2.62 bits per heavy atom. The number of carbonyl (C=O) groups is 1. The molecule has 5 aromatic rings. The molecule has 0 aliphatic carbocycles. The van der Waals surface area contributed by atoms with Crippen molar-refractivity contribution in [3.05, 3.63) is 48.3 Å². The minimum absolute atomic E-state index is 0.176. The zero-order chi connectivity index (χ0) is 27.3. The lowest BCUT2D eigenvalue weighted by Gasteiger charge is -2.28. The van der Waals surface area contributed by atoms with Gasteiger partial charge in [0, 0.05) is 63.8 Å². The third-order valence-electron chi connectivity index (χ3n) is 7.00. The number of aryl methyl sites for hydroxylation is 2. The van der Waals surface area contributed by atoms with E-state index in [1.807, 2.05) is 36.7 Å². The highest BCUT2D eigenvalue weighted by atomic mass is 16.5. The number of anilines is 1. The van der Waals surface area contributed by atoms with Crippen LogP contribution in [0.5, 0.6) is 5.75 Å². The van der Waals surface area contributed by atoms with Crippen molar-refractivity contribution in [3.63, 3.8) is 0 Å². The largest absolute Gasteiger partial charge is 0.496 e. The van der Waals surface area contributed by atoms with E-state index in [1.165, 1.54) is 4.90 Å². The summed E-state index contributed by atoms with van der Waals surface area (Å²) in [4.78, 5) is 35.5. The van der Waals surface area contributed by atoms with E-state index in [9.17, 15) is 4.79 Å². The fourth-order valence-electron chi connectivity index (χ4n) is 4.90. The summed E-state index contributed by atoms with van der Waals surface area (Å²) in [5.74, 6) is 2.16. The molecule has 0 radical (unpaired) electrons. The number of carbonyl (C=O) groups excluding carboxylic acids is 1. The molecule has 0 saturated carbocycles. The Labute approximate surface area is 224 Å². The molecule has 1 aliphatic heterocycles. The lowest BCUT2D eigenvalue weighted by molar-refractivity contribution is 0.0813. The molecular formula is C27H29N9O3. The van der Waals surface area contributed by atoms with Crippen LogP contribution >= 0.6 is 0 Å². The van der Waals surface area contributed by atoms with E-state index >= 15 is 0 Å². The quantitative estimate of drug-likeness (QED) is 0.340. The minimum Gasteiger partial charge on any atom is -0.496 e. The average Bonchev–Trinajstić information content (AvgIpc) is 3.54. The Hall–Kier alpha value is -4.58. The van der Waals surface area contributed by atoms with Gasteiger partial charge < -0.3 is 23.8 Å². The molecule has 5 aromatic heterocycles. The van der Waals surface area contributed by atoms with Crippen LogP contribution in [0.25, 0.3) is 39.0 Å². The number of nitrogens with zero attached hydrogens (tertiary/aromatic N) is 9. The van der Waals surface area contributed by atoms with E-state index < -0.39 is 0 Å². The number of imidazole rings is 1. The predicted octanol–water partition coefficient (Wildman–Crippen LogP) is 2.62. The summed E-state index contributed by atoms with van der Waals surface area (Å²) >= 11 is 0. The van der Waals surface area contributed by atoms with E-state index in [1.54, 1.807) is 44.5 Å². The third kappa shape index (κ3) is 4.13. The lowest BCUT2D eigenvalue weighted by atomic mass is 10.1. The zero-order valence-electron chi connectivity index (χ0n) is 22.5. The van der Waals surface area contributed by atoms with Crippen LogP contribution < -0.4 is 9.64 Å². The van der Waals surface area contributed by atoms with Gasteiger partial charge in [-0.2, -0.15) is 5.10 Å². The van der Waals surface area contributed by atoms with Gasteiger partial charge in [-0.15, -0.1) is 0 Å². The van der Waals surface area contributed by atoms with Crippen LogP contribution in [0, 0.1) is 6.92 Å². The Balaban J connectivity index is 1.58. The van der Waals surface area contributed by atoms with E-state index in [2.05, 4.69) is 9.88 Å². The molecule has 200 valence electrons. The number of methoxy groups -OCH3 is 1. The van der Waals surface area contributed by atoms with Gasteiger partial charge in [-0.1, -0.05) is 0 Å². The number of rotatable bonds is 5. The van der Waals surface area contributed by atoms with Gasteiger partial charge >= 0.3 is 0 Å². The number of pyridine rings is 3. The Kier molecular flexibility index (Phi) is 6.10. The molecule has 0 atom stereocenters. The van der Waals surface area contributed by atoms with Crippen molar-refractivity contribution >= 4 is 33.7 Å². The zero-order valence-corrected chi connectivity index (χ0v) is 22.5. The molecule has 1 aliphatic rings. The van der Waals surface area contributed by atoms with Crippen LogP contribution in [0.3, 0.4) is 0 Å². The smallest absolute Gasteiger partial charge is 0.289 e. The molecule has 6 heterocycles. The normalized spacial score (nSPS) is 13.8. The standard InChI is InChI=1S/C27H29N9O3/c1-16-17-15-29-36(20(17)12-19(30-16)18-14-28-7-6-22(18)38-5)23-13-21-24(25(31-23)35-8-10-39-11-9-35)32-26(34(21)4)27(37)33(2)3/h6-7,12-15H,8-11H2,1-5H3. The van der Waals surface area contributed by atoms with Crippen LogP contribution in [0.4, 0.5) is 5.82 Å². The van der Waals surface area contributed by atoms with Crippen molar-refractivity contribution in [1.29, 1.82) is 0 Å². The number of hydrogen-bond acceptors (Lipinski definition) is 9. The van der Waals surface area contributed by atoms with Crippen molar-refractivity contribution in [3.8, 4) is 22.8 Å². The summed E-state index contributed by atoms with van der Waals surface area (Å²) in [6.45, 7) is 4.49. The van der Waals surface area contributed by atoms with Crippen molar-refractivity contribution < 1.29 is 14.3 Å². The highest BCUT2D eigenvalue weighted by molar-refractivity contribution is 5.98. The van der Waals surface area contributed by atoms with Crippen LogP contribution in [0.1, 0.15) is 16.3 Å². The van der Waals surface area contributed by atoms with Gasteiger partial charge in [-0.05, 0) is 19.1 Å². The Bertz CT molecular complexity index is 1720. The van der Waals surface area contributed by atoms with Gasteiger partial charge in [0.25, 0.3) is 5.91 Å². The summed E-state index contributed by atoms with van der Waals surface area (Å²) in [6, 6.07) is 5.71. The number of aromatic nitrogens is 7. The molecule has 12 nitrogen and oxygen atoms in total. The van der Waals surface area contributed by atoms with Gasteiger partial charge in [-0.3, -0.25) is 14.8 Å². The summed E-state index contributed by atoms with van der Waals surface area (Å²) in [5.41, 5.74) is 4.64. The molecule has 39 heavy (non-hydrogen) atoms. The van der Waals surface area contributed by atoms with E-state index in [0.717, 1.165) is 33.4 Å². The van der Waals surface area contributed by atoms with E-state index in [0.29, 0.717) is 55.0 Å². The van der Waals surface area contributed by atoms with Gasteiger partial charge in [0.15, 0.2) is 17.5 Å². The average molecular weight is 528 g/mol. The SMILES string of the molecule is COc1ccncc1-c1cc2c(cnn2-c2cc3c(nc(C(=O)N(C)C)n3C)c(N3CCOCC3)n2)c(C)n1. The first-order valence-electron chi connectivity index (χ1n) is 12.6. The lowest BCUT2D eigenvalue weighted by Crippen LogP contribution is -2.37. The molecule has 0 N–H and O–H groups in total. The van der Waals surface area contributed by atoms with Crippen LogP contribution in [-0.2, 0) is 11.8 Å². The molecule has 0 aromatic carbocycles. The molecule has 1 saturated heterocycles. The number of fused-ring (bicyclic) bond motifs is 2. The summed E-state index contributed by atoms with van der Waals surface area (Å²) in [6.07, 6.45) is 5.23. The van der Waals surface area contributed by atoms with Gasteiger partial charge in [0.2, 0.25) is 0 Å². The molecular weight excluding hydrogens is 498 g/mol. The highest BCUT2D eigenvalue weighted by Crippen LogP contribution is 2.33. The Morgan fingerprint density at radius 2 is 1.87 bits per heavy atom. The predicted molar refractivity (Wildman–Crippen MR) is 147 cm³/mol. The molecule has 12 heteroatoms. The maximum atomic E-state index is 12.9. The molecule has 1 fully saturated rings. The Morgan fingerprint density at radius 1 is 1.08 bits per heavy atom. The van der Waals surface area contributed by atoms with Gasteiger partial charge in [0.1, 0.15) is 11.3 Å². The van der Waals surface area contributed by atoms with Crippen molar-refractivity contribution in [2.45, 2.75) is 6.92 Å². The minimum atomic E-state index is -0.176. The van der Waals surface area contributed by atoms with Crippen LogP contribution in [0.2, 0.25) is 0 Å². The first-order chi connectivity index (χ1) is 18.9. The fraction of sp³-hybridized carbons (Fsp3) is 0.333. The van der Waals surface area contributed by atoms with E-state index in [-0.39, 0.29) is 5.91 Å². The topological polar surface area (TPSA) is 116 Å². The van der Waals surface area contributed by atoms with Crippen molar-refractivity contribution in [1.82, 2.24) is 39.2 Å². The first kappa shape index (κ1) is 24.7. The van der Waals surface area contributed by atoms with Crippen molar-refractivity contribution in [2.75, 3.05) is 52.4 Å². The molecule has 0 unspecified atom stereocenters. The second kappa shape index (κ2) is 9.62. The molecule has 0 bridgehead atoms. The number of hydrogen-bond donors (Lipinski definition) is 0. The van der Waals surface area contributed by atoms with E-state index in [4.69, 9.17) is 29.5 Å². The number of amides is 1. The summed E-state index contributed by atoms with van der Waals surface area (Å²) in [5, 5.41) is 5.62. The summed E-state index contributed by atoms with van der Waals surface area (Å²) < 4.78 is 14.8. The van der Waals surface area contributed by atoms with Crippen molar-refractivity contribution in [2.24, 2.45) is 7.05 Å². The highest BCUT2D eigenvalue weighted by Gasteiger charge is 2.25. The van der Waals surface area contributed by atoms with Gasteiger partial charge in [-0.25, -0.2) is 14.6 Å². The maximum absolute atomic E-state index is 12.9. The second-order valence-electron chi connectivity index (χ2n) is 9.62. The molecule has 1 amide bonds. The summed E-state index contributed by atoms with van der Waals surface area (Å²) in [7, 11) is 6.91. The number of ether oxygens (including phenoxy) is 2. The van der Waals surface area contributed by atoms with Gasteiger partial charge in [0.05, 0.1) is 48.8 Å². The number of morpholine rings is 1. The van der Waals surface area contributed by atoms with Crippen LogP contribution in [-0.4, -0.2) is 92.6 Å². The fourth-order valence-corrected chi connectivity index (χ4v) is 4.90. The third-order valence-corrected chi connectivity index (χ3v) is 7.00. The maximum Gasteiger partial charge on any atom is 0.289 e. The monoisotopic (exact) mass is 527 g/mol. The second-order valence-corrected chi connectivity index (χ2v) is 9.62. The molecule has 0 spiro atoms.